The summed E-state index contributed by atoms with van der Waals surface area (Å²) in [5, 5.41) is 3.01. The maximum atomic E-state index is 12.3. The van der Waals surface area contributed by atoms with Gasteiger partial charge in [0.05, 0.1) is 5.56 Å². The molecule has 20 heavy (non-hydrogen) atoms. The molecule has 0 saturated carbocycles. The molecule has 0 fully saturated rings. The van der Waals surface area contributed by atoms with Gasteiger partial charge in [0.2, 0.25) is 0 Å². The van der Waals surface area contributed by atoms with Gasteiger partial charge in [-0.1, -0.05) is 24.3 Å². The minimum Gasteiger partial charge on any atom is -0.398 e. The number of nitrogens with one attached hydrogen (secondary N) is 1. The monoisotopic (exact) mass is 266 g/mol. The third-order valence-electron chi connectivity index (χ3n) is 3.85. The third-order valence-corrected chi connectivity index (χ3v) is 3.85. The fraction of sp³-hybridized carbons (Fsp3) is 0.235. The fourth-order valence-corrected chi connectivity index (χ4v) is 2.79. The van der Waals surface area contributed by atoms with Gasteiger partial charge in [0.15, 0.2) is 0 Å². The lowest BCUT2D eigenvalue weighted by Gasteiger charge is -2.19. The van der Waals surface area contributed by atoms with Crippen LogP contribution in [0.25, 0.3) is 0 Å². The summed E-state index contributed by atoms with van der Waals surface area (Å²) in [4.78, 5) is 12.3. The molecule has 1 amide bonds. The fourth-order valence-electron chi connectivity index (χ4n) is 2.79. The first-order valence-corrected chi connectivity index (χ1v) is 7.02. The maximum absolute atomic E-state index is 12.3. The van der Waals surface area contributed by atoms with Gasteiger partial charge in [0, 0.05) is 11.4 Å². The number of carbonyl (C=O) groups excluding carboxylic acids is 1. The normalized spacial score (nSPS) is 13.6. The molecule has 3 nitrogen and oxygen atoms in total. The highest BCUT2D eigenvalue weighted by Gasteiger charge is 2.15. The van der Waals surface area contributed by atoms with Crippen LogP contribution in [0.1, 0.15) is 34.3 Å². The zero-order valence-electron chi connectivity index (χ0n) is 11.4. The molecule has 2 aromatic rings. The van der Waals surface area contributed by atoms with E-state index in [-0.39, 0.29) is 5.91 Å². The summed E-state index contributed by atoms with van der Waals surface area (Å²) in [5.41, 5.74) is 10.5. The Labute approximate surface area is 118 Å². The van der Waals surface area contributed by atoms with Crippen LogP contribution in [-0.4, -0.2) is 5.91 Å². The summed E-state index contributed by atoms with van der Waals surface area (Å²) in [6.45, 7) is 0. The van der Waals surface area contributed by atoms with Crippen LogP contribution in [0, 0.1) is 0 Å². The van der Waals surface area contributed by atoms with Crippen molar-refractivity contribution in [2.24, 2.45) is 0 Å². The van der Waals surface area contributed by atoms with Crippen molar-refractivity contribution in [2.45, 2.75) is 25.7 Å². The molecule has 0 spiro atoms. The molecule has 0 atom stereocenters. The lowest BCUT2D eigenvalue weighted by Crippen LogP contribution is -2.16. The van der Waals surface area contributed by atoms with E-state index in [0.717, 1.165) is 18.5 Å². The van der Waals surface area contributed by atoms with E-state index < -0.39 is 0 Å². The second-order valence-electron chi connectivity index (χ2n) is 5.19. The minimum absolute atomic E-state index is 0.137. The number of carbonyl (C=O) groups is 1. The Morgan fingerprint density at radius 2 is 1.80 bits per heavy atom. The second-order valence-corrected chi connectivity index (χ2v) is 5.19. The van der Waals surface area contributed by atoms with Crippen LogP contribution >= 0.6 is 0 Å². The van der Waals surface area contributed by atoms with Crippen molar-refractivity contribution in [1.29, 1.82) is 0 Å². The van der Waals surface area contributed by atoms with Gasteiger partial charge in [0.25, 0.3) is 5.91 Å². The average Bonchev–Trinajstić information content (AvgIpc) is 2.48. The predicted molar refractivity (Wildman–Crippen MR) is 81.9 cm³/mol. The Kier molecular flexibility index (Phi) is 3.42. The number of rotatable bonds is 2. The molecule has 3 rings (SSSR count). The Bertz CT molecular complexity index is 649. The largest absolute Gasteiger partial charge is 0.398 e. The number of amides is 1. The predicted octanol–water partition coefficient (Wildman–Crippen LogP) is 3.40. The molecule has 0 radical (unpaired) electrons. The molecule has 0 saturated heterocycles. The molecule has 0 aromatic heterocycles. The molecular weight excluding hydrogens is 248 g/mol. The number of fused-ring (bicyclic) bond motifs is 1. The quantitative estimate of drug-likeness (QED) is 0.818. The van der Waals surface area contributed by atoms with Gasteiger partial charge in [-0.3, -0.25) is 4.79 Å². The number of nitrogen functional groups attached to an aromatic ring is 1. The number of hydrogen-bond acceptors (Lipinski definition) is 2. The number of aryl methyl sites for hydroxylation is 1. The minimum atomic E-state index is -0.137. The summed E-state index contributed by atoms with van der Waals surface area (Å²) in [6.07, 6.45) is 4.56. The highest BCUT2D eigenvalue weighted by atomic mass is 16.1. The molecule has 2 aromatic carbocycles. The lowest BCUT2D eigenvalue weighted by atomic mass is 9.90. The van der Waals surface area contributed by atoms with Crippen molar-refractivity contribution in [1.82, 2.24) is 0 Å². The van der Waals surface area contributed by atoms with Crippen molar-refractivity contribution < 1.29 is 4.79 Å². The zero-order valence-corrected chi connectivity index (χ0v) is 11.4. The van der Waals surface area contributed by atoms with Gasteiger partial charge < -0.3 is 11.1 Å². The number of anilines is 2. The van der Waals surface area contributed by atoms with Crippen LogP contribution in [0.15, 0.2) is 42.5 Å². The number of benzene rings is 2. The van der Waals surface area contributed by atoms with Crippen LogP contribution in [0.3, 0.4) is 0 Å². The van der Waals surface area contributed by atoms with Crippen LogP contribution in [0.2, 0.25) is 0 Å². The summed E-state index contributed by atoms with van der Waals surface area (Å²) in [5.74, 6) is -0.137. The summed E-state index contributed by atoms with van der Waals surface area (Å²) < 4.78 is 0. The first-order valence-electron chi connectivity index (χ1n) is 7.02. The summed E-state index contributed by atoms with van der Waals surface area (Å²) >= 11 is 0. The van der Waals surface area contributed by atoms with E-state index in [2.05, 4.69) is 11.4 Å². The van der Waals surface area contributed by atoms with Gasteiger partial charge in [-0.2, -0.15) is 0 Å². The van der Waals surface area contributed by atoms with E-state index in [1.807, 2.05) is 24.3 Å². The summed E-state index contributed by atoms with van der Waals surface area (Å²) in [6, 6.07) is 13.3. The highest BCUT2D eigenvalue weighted by Crippen LogP contribution is 2.28. The molecule has 1 aliphatic rings. The smallest absolute Gasteiger partial charge is 0.257 e. The Morgan fingerprint density at radius 3 is 2.65 bits per heavy atom. The van der Waals surface area contributed by atoms with Gasteiger partial charge in [0.1, 0.15) is 0 Å². The standard InChI is InChI=1S/C17H18N2O/c18-15-10-4-3-9-14(15)17(20)19-16-11-5-7-12-6-1-2-8-13(12)16/h3-5,7,9-11H,1-2,6,8,18H2,(H,19,20). The average molecular weight is 266 g/mol. The molecule has 102 valence electrons. The van der Waals surface area contributed by atoms with Crippen molar-refractivity contribution >= 4 is 17.3 Å². The molecule has 1 aliphatic carbocycles. The van der Waals surface area contributed by atoms with Crippen molar-refractivity contribution in [3.63, 3.8) is 0 Å². The molecule has 0 bridgehead atoms. The van der Waals surface area contributed by atoms with Crippen LogP contribution in [-0.2, 0) is 12.8 Å². The first kappa shape index (κ1) is 12.7. The number of hydrogen-bond donors (Lipinski definition) is 2. The van der Waals surface area contributed by atoms with Crippen LogP contribution in [0.4, 0.5) is 11.4 Å². The lowest BCUT2D eigenvalue weighted by molar-refractivity contribution is 0.102. The second kappa shape index (κ2) is 5.37. The van der Waals surface area contributed by atoms with E-state index in [1.165, 1.54) is 24.0 Å². The Morgan fingerprint density at radius 1 is 1.00 bits per heavy atom. The van der Waals surface area contributed by atoms with Crippen molar-refractivity contribution in [3.05, 3.63) is 59.2 Å². The van der Waals surface area contributed by atoms with E-state index in [9.17, 15) is 4.79 Å². The molecule has 3 heteroatoms. The molecule has 0 unspecified atom stereocenters. The first-order chi connectivity index (χ1) is 9.75. The Balaban J connectivity index is 1.89. The van der Waals surface area contributed by atoms with Crippen LogP contribution in [0.5, 0.6) is 0 Å². The highest BCUT2D eigenvalue weighted by molar-refractivity contribution is 6.08. The SMILES string of the molecule is Nc1ccccc1C(=O)Nc1cccc2c1CCCC2. The maximum Gasteiger partial charge on any atom is 0.257 e. The van der Waals surface area contributed by atoms with Gasteiger partial charge in [-0.25, -0.2) is 0 Å². The van der Waals surface area contributed by atoms with Crippen molar-refractivity contribution in [3.8, 4) is 0 Å². The van der Waals surface area contributed by atoms with Gasteiger partial charge >= 0.3 is 0 Å². The third kappa shape index (κ3) is 2.39. The van der Waals surface area contributed by atoms with Crippen molar-refractivity contribution in [2.75, 3.05) is 11.1 Å². The van der Waals surface area contributed by atoms with E-state index >= 15 is 0 Å². The molecule has 0 heterocycles. The van der Waals surface area contributed by atoms with Gasteiger partial charge in [-0.05, 0) is 55.0 Å². The number of para-hydroxylation sites is 1. The molecule has 3 N–H and O–H groups in total. The number of nitrogens with two attached hydrogens (primary N) is 1. The van der Waals surface area contributed by atoms with E-state index in [0.29, 0.717) is 11.3 Å². The van der Waals surface area contributed by atoms with Gasteiger partial charge in [-0.15, -0.1) is 0 Å². The van der Waals surface area contributed by atoms with Crippen LogP contribution < -0.4 is 11.1 Å². The Hall–Kier alpha value is -2.29. The molecule has 0 aliphatic heterocycles. The zero-order chi connectivity index (χ0) is 13.9. The topological polar surface area (TPSA) is 55.1 Å². The van der Waals surface area contributed by atoms with E-state index in [1.54, 1.807) is 12.1 Å². The van der Waals surface area contributed by atoms with E-state index in [4.69, 9.17) is 5.73 Å². The molecular formula is C17H18N2O. The summed E-state index contributed by atoms with van der Waals surface area (Å²) in [7, 11) is 0.